The summed E-state index contributed by atoms with van der Waals surface area (Å²) in [6.45, 7) is 2.86. The SMILES string of the molecule is CCS(=O)(=O)[C@](C)(Br)[C@H](O)c1cccc(F)c1. The number of aliphatic hydroxyl groups excluding tert-OH is 1. The van der Waals surface area contributed by atoms with Crippen molar-refractivity contribution >= 4 is 25.8 Å². The smallest absolute Gasteiger partial charge is 0.168 e. The Hall–Kier alpha value is -0.460. The first-order chi connectivity index (χ1) is 7.72. The van der Waals surface area contributed by atoms with E-state index in [-0.39, 0.29) is 11.3 Å². The highest BCUT2D eigenvalue weighted by atomic mass is 79.9. The Bertz CT molecular complexity index is 499. The van der Waals surface area contributed by atoms with E-state index in [1.165, 1.54) is 32.0 Å². The van der Waals surface area contributed by atoms with Crippen molar-refractivity contribution in [1.82, 2.24) is 0 Å². The highest BCUT2D eigenvalue weighted by molar-refractivity contribution is 9.11. The molecule has 0 bridgehead atoms. The first-order valence-electron chi connectivity index (χ1n) is 5.07. The standard InChI is InChI=1S/C11H14BrFO3S/c1-3-17(15,16)11(2,12)10(14)8-5-4-6-9(13)7-8/h4-7,10,14H,3H2,1-2H3/t10-,11+/m1/s1. The second-order valence-electron chi connectivity index (χ2n) is 3.85. The fourth-order valence-corrected chi connectivity index (χ4v) is 3.42. The van der Waals surface area contributed by atoms with Crippen LogP contribution in [0.3, 0.4) is 0 Å². The minimum absolute atomic E-state index is 0.110. The number of sulfone groups is 1. The van der Waals surface area contributed by atoms with Crippen molar-refractivity contribution < 1.29 is 17.9 Å². The van der Waals surface area contributed by atoms with Gasteiger partial charge in [0.25, 0.3) is 0 Å². The maximum absolute atomic E-state index is 13.0. The Balaban J connectivity index is 3.17. The number of hydrogen-bond acceptors (Lipinski definition) is 3. The summed E-state index contributed by atoms with van der Waals surface area (Å²) in [7, 11) is -3.51. The van der Waals surface area contributed by atoms with E-state index >= 15 is 0 Å². The molecule has 0 amide bonds. The second-order valence-corrected chi connectivity index (χ2v) is 8.67. The molecule has 0 saturated heterocycles. The molecule has 0 aliphatic carbocycles. The van der Waals surface area contributed by atoms with Crippen LogP contribution in [0.4, 0.5) is 4.39 Å². The lowest BCUT2D eigenvalue weighted by atomic mass is 10.1. The van der Waals surface area contributed by atoms with Gasteiger partial charge in [0.2, 0.25) is 0 Å². The van der Waals surface area contributed by atoms with Crippen LogP contribution in [0, 0.1) is 5.82 Å². The van der Waals surface area contributed by atoms with Crippen LogP contribution in [0.2, 0.25) is 0 Å². The molecule has 6 heteroatoms. The maximum atomic E-state index is 13.0. The number of rotatable bonds is 4. The average Bonchev–Trinajstić information content (AvgIpc) is 2.27. The van der Waals surface area contributed by atoms with E-state index in [4.69, 9.17) is 0 Å². The van der Waals surface area contributed by atoms with Crippen LogP contribution >= 0.6 is 15.9 Å². The number of alkyl halides is 1. The highest BCUT2D eigenvalue weighted by Crippen LogP contribution is 2.38. The summed E-state index contributed by atoms with van der Waals surface area (Å²) in [5.41, 5.74) is 0.224. The van der Waals surface area contributed by atoms with Gasteiger partial charge in [-0.1, -0.05) is 35.0 Å². The molecule has 0 heterocycles. The monoisotopic (exact) mass is 324 g/mol. The van der Waals surface area contributed by atoms with Crippen LogP contribution < -0.4 is 0 Å². The normalized spacial score (nSPS) is 17.5. The van der Waals surface area contributed by atoms with Crippen LogP contribution in [-0.4, -0.2) is 22.9 Å². The number of halogens is 2. The Labute approximate surface area is 109 Å². The number of aliphatic hydroxyl groups is 1. The molecule has 1 aromatic rings. The van der Waals surface area contributed by atoms with E-state index in [1.54, 1.807) is 0 Å². The van der Waals surface area contributed by atoms with Crippen molar-refractivity contribution in [2.75, 3.05) is 5.75 Å². The second kappa shape index (κ2) is 5.04. The van der Waals surface area contributed by atoms with Crippen molar-refractivity contribution in [2.45, 2.75) is 23.6 Å². The summed E-state index contributed by atoms with van der Waals surface area (Å²) >= 11 is 3.03. The summed E-state index contributed by atoms with van der Waals surface area (Å²) in [4.78, 5) is 0. The van der Waals surface area contributed by atoms with Gasteiger partial charge in [0.05, 0.1) is 0 Å². The van der Waals surface area contributed by atoms with Gasteiger partial charge < -0.3 is 5.11 Å². The largest absolute Gasteiger partial charge is 0.386 e. The summed E-state index contributed by atoms with van der Waals surface area (Å²) < 4.78 is 35.1. The molecule has 2 atom stereocenters. The van der Waals surface area contributed by atoms with Crippen LogP contribution in [0.15, 0.2) is 24.3 Å². The van der Waals surface area contributed by atoms with Gasteiger partial charge in [-0.15, -0.1) is 0 Å². The Kier molecular flexibility index (Phi) is 4.33. The summed E-state index contributed by atoms with van der Waals surface area (Å²) in [5.74, 6) is -0.625. The molecule has 96 valence electrons. The van der Waals surface area contributed by atoms with Gasteiger partial charge in [0.15, 0.2) is 13.5 Å². The first kappa shape index (κ1) is 14.6. The topological polar surface area (TPSA) is 54.4 Å². The van der Waals surface area contributed by atoms with Gasteiger partial charge in [-0.2, -0.15) is 0 Å². The zero-order valence-electron chi connectivity index (χ0n) is 9.52. The third-order valence-corrected chi connectivity index (χ3v) is 6.75. The lowest BCUT2D eigenvalue weighted by Gasteiger charge is -2.28. The Morgan fingerprint density at radius 2 is 2.12 bits per heavy atom. The third-order valence-electron chi connectivity index (χ3n) is 2.64. The summed E-state index contributed by atoms with van der Waals surface area (Å²) in [6, 6.07) is 5.26. The van der Waals surface area contributed by atoms with E-state index in [2.05, 4.69) is 15.9 Å². The molecule has 0 aliphatic heterocycles. The van der Waals surface area contributed by atoms with Crippen molar-refractivity contribution in [1.29, 1.82) is 0 Å². The molecule has 1 aromatic carbocycles. The molecule has 0 fully saturated rings. The van der Waals surface area contributed by atoms with Crippen molar-refractivity contribution in [3.05, 3.63) is 35.6 Å². The molecule has 0 aliphatic rings. The van der Waals surface area contributed by atoms with E-state index < -0.39 is 25.4 Å². The fraction of sp³-hybridized carbons (Fsp3) is 0.455. The van der Waals surface area contributed by atoms with Crippen LogP contribution in [0.25, 0.3) is 0 Å². The minimum atomic E-state index is -3.51. The molecular formula is C11H14BrFO3S. The van der Waals surface area contributed by atoms with Gasteiger partial charge >= 0.3 is 0 Å². The summed E-state index contributed by atoms with van der Waals surface area (Å²) in [6.07, 6.45) is -1.33. The molecule has 0 aromatic heterocycles. The predicted molar refractivity (Wildman–Crippen MR) is 68.2 cm³/mol. The highest BCUT2D eigenvalue weighted by Gasteiger charge is 2.42. The van der Waals surface area contributed by atoms with Crippen LogP contribution in [0.1, 0.15) is 25.5 Å². The molecule has 0 saturated carbocycles. The van der Waals surface area contributed by atoms with E-state index in [0.29, 0.717) is 0 Å². The molecule has 1 N–H and O–H groups in total. The zero-order chi connectivity index (χ0) is 13.3. The molecule has 0 spiro atoms. The van der Waals surface area contributed by atoms with Crippen LogP contribution in [0.5, 0.6) is 0 Å². The number of hydrogen-bond donors (Lipinski definition) is 1. The molecule has 0 radical (unpaired) electrons. The molecular weight excluding hydrogens is 311 g/mol. The van der Waals surface area contributed by atoms with Gasteiger partial charge in [-0.25, -0.2) is 12.8 Å². The van der Waals surface area contributed by atoms with Crippen LogP contribution in [-0.2, 0) is 9.84 Å². The van der Waals surface area contributed by atoms with Gasteiger partial charge in [0, 0.05) is 5.75 Å². The first-order valence-corrected chi connectivity index (χ1v) is 7.51. The van der Waals surface area contributed by atoms with Gasteiger partial charge in [-0.3, -0.25) is 0 Å². The van der Waals surface area contributed by atoms with Crippen molar-refractivity contribution in [2.24, 2.45) is 0 Å². The maximum Gasteiger partial charge on any atom is 0.168 e. The number of benzene rings is 1. The fourth-order valence-electron chi connectivity index (χ4n) is 1.43. The van der Waals surface area contributed by atoms with Crippen molar-refractivity contribution in [3.8, 4) is 0 Å². The molecule has 1 rings (SSSR count). The summed E-state index contributed by atoms with van der Waals surface area (Å²) in [5, 5.41) is 10.0. The zero-order valence-corrected chi connectivity index (χ0v) is 11.9. The quantitative estimate of drug-likeness (QED) is 0.865. The Morgan fingerprint density at radius 1 is 1.53 bits per heavy atom. The van der Waals surface area contributed by atoms with E-state index in [1.807, 2.05) is 0 Å². The molecule has 0 unspecified atom stereocenters. The average molecular weight is 325 g/mol. The van der Waals surface area contributed by atoms with E-state index in [0.717, 1.165) is 6.07 Å². The van der Waals surface area contributed by atoms with Gasteiger partial charge in [0.1, 0.15) is 11.9 Å². The predicted octanol–water partition coefficient (Wildman–Crippen LogP) is 2.40. The minimum Gasteiger partial charge on any atom is -0.386 e. The van der Waals surface area contributed by atoms with E-state index in [9.17, 15) is 17.9 Å². The molecule has 17 heavy (non-hydrogen) atoms. The lowest BCUT2D eigenvalue weighted by Crippen LogP contribution is -2.36. The molecule has 3 nitrogen and oxygen atoms in total. The Morgan fingerprint density at radius 3 is 2.59 bits per heavy atom. The van der Waals surface area contributed by atoms with Gasteiger partial charge in [-0.05, 0) is 24.6 Å². The lowest BCUT2D eigenvalue weighted by molar-refractivity contribution is 0.167. The van der Waals surface area contributed by atoms with Crippen molar-refractivity contribution in [3.63, 3.8) is 0 Å². The third kappa shape index (κ3) is 2.86.